The van der Waals surface area contributed by atoms with E-state index in [0.717, 1.165) is 5.56 Å². The minimum Gasteiger partial charge on any atom is -0.339 e. The highest BCUT2D eigenvalue weighted by Gasteiger charge is 2.35. The van der Waals surface area contributed by atoms with E-state index in [2.05, 4.69) is 10.6 Å². The number of aryl methyl sites for hydroxylation is 1. The zero-order chi connectivity index (χ0) is 21.1. The molecule has 2 N–H and O–H groups in total. The van der Waals surface area contributed by atoms with E-state index in [4.69, 9.17) is 11.6 Å². The lowest BCUT2D eigenvalue weighted by Crippen LogP contribution is -2.33. The van der Waals surface area contributed by atoms with Gasteiger partial charge in [-0.05, 0) is 62.7 Å². The van der Waals surface area contributed by atoms with E-state index in [1.165, 1.54) is 0 Å². The van der Waals surface area contributed by atoms with Gasteiger partial charge in [0.15, 0.2) is 0 Å². The van der Waals surface area contributed by atoms with Crippen LogP contribution in [-0.4, -0.2) is 35.2 Å². The van der Waals surface area contributed by atoms with E-state index in [9.17, 15) is 14.4 Å². The maximum Gasteiger partial charge on any atom is 0.255 e. The molecular weight excluding hydrogens is 390 g/mol. The molecule has 0 saturated carbocycles. The molecule has 7 heteroatoms. The Bertz CT molecular complexity index is 941. The van der Waals surface area contributed by atoms with Crippen LogP contribution in [0.3, 0.4) is 0 Å². The molecule has 0 bridgehead atoms. The number of amides is 3. The highest BCUT2D eigenvalue weighted by Crippen LogP contribution is 2.23. The van der Waals surface area contributed by atoms with E-state index in [1.54, 1.807) is 41.3 Å². The van der Waals surface area contributed by atoms with Gasteiger partial charge in [-0.3, -0.25) is 14.4 Å². The number of hydrogen-bond donors (Lipinski definition) is 2. The molecule has 0 aromatic heterocycles. The van der Waals surface area contributed by atoms with Crippen LogP contribution in [0.1, 0.15) is 36.2 Å². The van der Waals surface area contributed by atoms with Gasteiger partial charge in [-0.15, -0.1) is 0 Å². The van der Waals surface area contributed by atoms with Crippen LogP contribution < -0.4 is 10.6 Å². The molecule has 152 valence electrons. The Morgan fingerprint density at radius 2 is 1.79 bits per heavy atom. The lowest BCUT2D eigenvalue weighted by atomic mass is 10.1. The largest absolute Gasteiger partial charge is 0.339 e. The van der Waals surface area contributed by atoms with Crippen LogP contribution in [0.15, 0.2) is 42.5 Å². The standard InChI is InChI=1S/C22H24ClN3O3/c1-13(2)26-12-16(10-20(26)27)22(29)24-18-8-5-15(6-9-18)21(28)25-19-11-17(23)7-4-14(19)3/h4-9,11,13,16H,10,12H2,1-3H3,(H,24,29)(H,25,28). The monoisotopic (exact) mass is 413 g/mol. The van der Waals surface area contributed by atoms with Gasteiger partial charge in [0.25, 0.3) is 5.91 Å². The Kier molecular flexibility index (Phi) is 6.23. The molecule has 2 aromatic carbocycles. The SMILES string of the molecule is Cc1ccc(Cl)cc1NC(=O)c1ccc(NC(=O)C2CC(=O)N(C(C)C)C2)cc1. The van der Waals surface area contributed by atoms with Gasteiger partial charge in [0.1, 0.15) is 0 Å². The summed E-state index contributed by atoms with van der Waals surface area (Å²) in [6, 6.07) is 12.0. The van der Waals surface area contributed by atoms with Gasteiger partial charge in [-0.2, -0.15) is 0 Å². The van der Waals surface area contributed by atoms with Gasteiger partial charge in [0, 0.05) is 41.0 Å². The molecular formula is C22H24ClN3O3. The molecule has 1 unspecified atom stereocenters. The van der Waals surface area contributed by atoms with Crippen molar-refractivity contribution >= 4 is 40.7 Å². The summed E-state index contributed by atoms with van der Waals surface area (Å²) in [6.45, 7) is 6.19. The Morgan fingerprint density at radius 3 is 2.41 bits per heavy atom. The van der Waals surface area contributed by atoms with E-state index < -0.39 is 0 Å². The van der Waals surface area contributed by atoms with Gasteiger partial charge in [0.05, 0.1) is 5.92 Å². The minimum atomic E-state index is -0.362. The fourth-order valence-electron chi connectivity index (χ4n) is 3.28. The fourth-order valence-corrected chi connectivity index (χ4v) is 3.45. The molecule has 1 fully saturated rings. The van der Waals surface area contributed by atoms with Crippen molar-refractivity contribution in [1.82, 2.24) is 4.90 Å². The molecule has 0 aliphatic carbocycles. The first-order valence-corrected chi connectivity index (χ1v) is 9.90. The highest BCUT2D eigenvalue weighted by molar-refractivity contribution is 6.31. The first-order chi connectivity index (χ1) is 13.7. The molecule has 1 saturated heterocycles. The van der Waals surface area contributed by atoms with Crippen molar-refractivity contribution in [3.05, 3.63) is 58.6 Å². The van der Waals surface area contributed by atoms with Gasteiger partial charge >= 0.3 is 0 Å². The van der Waals surface area contributed by atoms with Crippen LogP contribution >= 0.6 is 11.6 Å². The first-order valence-electron chi connectivity index (χ1n) is 9.52. The number of hydrogen-bond acceptors (Lipinski definition) is 3. The van der Waals surface area contributed by atoms with E-state index in [1.807, 2.05) is 26.8 Å². The Labute approximate surface area is 175 Å². The third-order valence-electron chi connectivity index (χ3n) is 5.02. The van der Waals surface area contributed by atoms with E-state index in [-0.39, 0.29) is 36.1 Å². The summed E-state index contributed by atoms with van der Waals surface area (Å²) < 4.78 is 0. The summed E-state index contributed by atoms with van der Waals surface area (Å²) in [5, 5.41) is 6.21. The number of rotatable bonds is 5. The number of nitrogens with zero attached hydrogens (tertiary/aromatic N) is 1. The smallest absolute Gasteiger partial charge is 0.255 e. The molecule has 1 atom stereocenters. The van der Waals surface area contributed by atoms with Crippen LogP contribution in [0.5, 0.6) is 0 Å². The Hall–Kier alpha value is -2.86. The second-order valence-corrected chi connectivity index (χ2v) is 7.96. The number of halogens is 1. The number of nitrogens with one attached hydrogen (secondary N) is 2. The minimum absolute atomic E-state index is 0.00322. The number of anilines is 2. The third-order valence-corrected chi connectivity index (χ3v) is 5.25. The van der Waals surface area contributed by atoms with Crippen molar-refractivity contribution in [3.8, 4) is 0 Å². The van der Waals surface area contributed by atoms with Crippen LogP contribution in [-0.2, 0) is 9.59 Å². The lowest BCUT2D eigenvalue weighted by Gasteiger charge is -2.20. The zero-order valence-corrected chi connectivity index (χ0v) is 17.4. The number of benzene rings is 2. The fraction of sp³-hybridized carbons (Fsp3) is 0.318. The molecule has 6 nitrogen and oxygen atoms in total. The van der Waals surface area contributed by atoms with Gasteiger partial charge in [-0.25, -0.2) is 0 Å². The summed E-state index contributed by atoms with van der Waals surface area (Å²) in [4.78, 5) is 38.7. The van der Waals surface area contributed by atoms with Crippen molar-refractivity contribution in [2.45, 2.75) is 33.2 Å². The predicted molar refractivity (Wildman–Crippen MR) is 114 cm³/mol. The Morgan fingerprint density at radius 1 is 1.10 bits per heavy atom. The summed E-state index contributed by atoms with van der Waals surface area (Å²) in [5.74, 6) is -0.808. The summed E-state index contributed by atoms with van der Waals surface area (Å²) in [6.07, 6.45) is 0.226. The van der Waals surface area contributed by atoms with E-state index in [0.29, 0.717) is 28.5 Å². The molecule has 3 rings (SSSR count). The van der Waals surface area contributed by atoms with Crippen molar-refractivity contribution in [3.63, 3.8) is 0 Å². The normalized spacial score (nSPS) is 16.2. The van der Waals surface area contributed by atoms with Gasteiger partial charge in [0.2, 0.25) is 11.8 Å². The zero-order valence-electron chi connectivity index (χ0n) is 16.7. The quantitative estimate of drug-likeness (QED) is 0.774. The predicted octanol–water partition coefficient (Wildman–Crippen LogP) is 4.10. The maximum atomic E-state index is 12.5. The van der Waals surface area contributed by atoms with Crippen LogP contribution in [0.4, 0.5) is 11.4 Å². The van der Waals surface area contributed by atoms with Crippen molar-refractivity contribution in [2.24, 2.45) is 5.92 Å². The molecule has 3 amide bonds. The third kappa shape index (κ3) is 4.95. The van der Waals surface area contributed by atoms with Crippen LogP contribution in [0.25, 0.3) is 0 Å². The summed E-state index contributed by atoms with van der Waals surface area (Å²) in [7, 11) is 0. The van der Waals surface area contributed by atoms with E-state index >= 15 is 0 Å². The molecule has 2 aromatic rings. The van der Waals surface area contributed by atoms with Gasteiger partial charge < -0.3 is 15.5 Å². The van der Waals surface area contributed by atoms with Crippen molar-refractivity contribution in [2.75, 3.05) is 17.2 Å². The first kappa shape index (κ1) is 20.9. The van der Waals surface area contributed by atoms with Crippen molar-refractivity contribution in [1.29, 1.82) is 0 Å². The summed E-state index contributed by atoms with van der Waals surface area (Å²) in [5.41, 5.74) is 2.61. The second-order valence-electron chi connectivity index (χ2n) is 7.52. The molecule has 1 aliphatic heterocycles. The number of carbonyl (C=O) groups is 3. The Balaban J connectivity index is 1.61. The van der Waals surface area contributed by atoms with Crippen molar-refractivity contribution < 1.29 is 14.4 Å². The number of likely N-dealkylation sites (tertiary alicyclic amines) is 1. The molecule has 0 radical (unpaired) electrons. The topological polar surface area (TPSA) is 78.5 Å². The molecule has 29 heavy (non-hydrogen) atoms. The van der Waals surface area contributed by atoms with Crippen LogP contribution in [0, 0.1) is 12.8 Å². The van der Waals surface area contributed by atoms with Gasteiger partial charge in [-0.1, -0.05) is 17.7 Å². The molecule has 0 spiro atoms. The lowest BCUT2D eigenvalue weighted by molar-refractivity contribution is -0.129. The number of carbonyl (C=O) groups excluding carboxylic acids is 3. The molecule has 1 heterocycles. The average Bonchev–Trinajstić information content (AvgIpc) is 3.07. The summed E-state index contributed by atoms with van der Waals surface area (Å²) >= 11 is 5.99. The maximum absolute atomic E-state index is 12.5. The second kappa shape index (κ2) is 8.66. The highest BCUT2D eigenvalue weighted by atomic mass is 35.5. The molecule has 1 aliphatic rings. The van der Waals surface area contributed by atoms with Crippen LogP contribution in [0.2, 0.25) is 5.02 Å². The average molecular weight is 414 g/mol.